The Labute approximate surface area is 203 Å². The summed E-state index contributed by atoms with van der Waals surface area (Å²) in [6.45, 7) is 3.10. The Hall–Kier alpha value is -3.79. The van der Waals surface area contributed by atoms with Gasteiger partial charge in [-0.1, -0.05) is 6.07 Å². The molecule has 5 N–H and O–H groups in total. The van der Waals surface area contributed by atoms with E-state index in [9.17, 15) is 14.4 Å². The van der Waals surface area contributed by atoms with E-state index in [-0.39, 0.29) is 24.1 Å². The van der Waals surface area contributed by atoms with Crippen LogP contribution in [0.3, 0.4) is 0 Å². The molecule has 1 atom stereocenters. The van der Waals surface area contributed by atoms with E-state index in [0.29, 0.717) is 29.9 Å². The Kier molecular flexibility index (Phi) is 5.98. The number of pyridine rings is 1. The Morgan fingerprint density at radius 2 is 2.00 bits per heavy atom. The predicted molar refractivity (Wildman–Crippen MR) is 131 cm³/mol. The maximum atomic E-state index is 13.0. The Morgan fingerprint density at radius 3 is 2.69 bits per heavy atom. The first-order chi connectivity index (χ1) is 16.9. The second-order valence-electron chi connectivity index (χ2n) is 9.31. The lowest BCUT2D eigenvalue weighted by Crippen LogP contribution is -2.52. The molecule has 2 saturated heterocycles. The van der Waals surface area contributed by atoms with Crippen molar-refractivity contribution in [1.29, 1.82) is 5.41 Å². The largest absolute Gasteiger partial charge is 0.386 e. The Bertz CT molecular complexity index is 1240. The summed E-state index contributed by atoms with van der Waals surface area (Å²) in [5.74, 6) is -1.05. The van der Waals surface area contributed by atoms with E-state index in [2.05, 4.69) is 15.5 Å². The van der Waals surface area contributed by atoms with Crippen LogP contribution in [0.5, 0.6) is 0 Å². The molecule has 0 aliphatic carbocycles. The van der Waals surface area contributed by atoms with Gasteiger partial charge in [0.2, 0.25) is 11.8 Å². The number of fused-ring (bicyclic) bond motifs is 1. The number of anilines is 1. The molecule has 1 aromatic heterocycles. The molecule has 5 rings (SSSR count). The fourth-order valence-electron chi connectivity index (χ4n) is 5.26. The molecule has 10 nitrogen and oxygen atoms in total. The third-order valence-corrected chi connectivity index (χ3v) is 7.02. The van der Waals surface area contributed by atoms with Crippen molar-refractivity contribution in [2.45, 2.75) is 44.8 Å². The number of benzene rings is 1. The molecule has 1 aromatic carbocycles. The smallest absolute Gasteiger partial charge is 0.255 e. The summed E-state index contributed by atoms with van der Waals surface area (Å²) in [4.78, 5) is 45.5. The van der Waals surface area contributed by atoms with Crippen molar-refractivity contribution in [2.24, 2.45) is 5.73 Å². The van der Waals surface area contributed by atoms with Crippen molar-refractivity contribution in [1.82, 2.24) is 20.1 Å². The van der Waals surface area contributed by atoms with E-state index >= 15 is 0 Å². The number of carbonyl (C=O) groups is 3. The zero-order valence-corrected chi connectivity index (χ0v) is 19.7. The summed E-state index contributed by atoms with van der Waals surface area (Å²) in [7, 11) is 1.81. The van der Waals surface area contributed by atoms with E-state index < -0.39 is 11.9 Å². The molecular weight excluding hydrogens is 446 g/mol. The SMILES string of the molecule is CNc1c(CN2CCCC2)cc(-c2ccc3c(c2)CN(C2CCC(=O)NC2=O)C3=O)nc1C(=N)N. The van der Waals surface area contributed by atoms with Gasteiger partial charge in [-0.2, -0.15) is 0 Å². The average Bonchev–Trinajstić information content (AvgIpc) is 3.46. The Balaban J connectivity index is 1.48. The predicted octanol–water partition coefficient (Wildman–Crippen LogP) is 1.43. The van der Waals surface area contributed by atoms with Crippen LogP contribution in [0.1, 0.15) is 52.9 Å². The molecule has 0 spiro atoms. The van der Waals surface area contributed by atoms with Crippen molar-refractivity contribution in [3.8, 4) is 11.3 Å². The first kappa shape index (κ1) is 23.0. The number of imide groups is 1. The monoisotopic (exact) mass is 475 g/mol. The molecule has 0 radical (unpaired) electrons. The van der Waals surface area contributed by atoms with Crippen LogP contribution < -0.4 is 16.4 Å². The lowest BCUT2D eigenvalue weighted by Gasteiger charge is -2.29. The molecule has 3 amide bonds. The number of hydrogen-bond acceptors (Lipinski definition) is 7. The highest BCUT2D eigenvalue weighted by atomic mass is 16.2. The molecule has 10 heteroatoms. The minimum Gasteiger partial charge on any atom is -0.386 e. The van der Waals surface area contributed by atoms with Gasteiger partial charge in [0.05, 0.1) is 11.4 Å². The van der Waals surface area contributed by atoms with Gasteiger partial charge in [-0.3, -0.25) is 30.0 Å². The van der Waals surface area contributed by atoms with Gasteiger partial charge in [0, 0.05) is 37.7 Å². The molecule has 0 saturated carbocycles. The van der Waals surface area contributed by atoms with Crippen molar-refractivity contribution in [2.75, 3.05) is 25.5 Å². The zero-order valence-electron chi connectivity index (χ0n) is 19.7. The number of amidine groups is 1. The van der Waals surface area contributed by atoms with E-state index in [0.717, 1.165) is 42.0 Å². The number of hydrogen-bond donors (Lipinski definition) is 4. The standard InChI is InChI=1S/C25H29N7O3/c1-28-21-16(12-31-8-2-3-9-31)11-18(29-22(21)23(26)27)14-4-5-17-15(10-14)13-32(25(17)35)19-6-7-20(33)30-24(19)34/h4-5,10-11,19,28H,2-3,6-9,12-13H2,1H3,(H3,26,27)(H,30,33,34). The van der Waals surface area contributed by atoms with Gasteiger partial charge < -0.3 is 16.0 Å². The summed E-state index contributed by atoms with van der Waals surface area (Å²) in [5, 5.41) is 13.6. The summed E-state index contributed by atoms with van der Waals surface area (Å²) < 4.78 is 0. The summed E-state index contributed by atoms with van der Waals surface area (Å²) in [6, 6.07) is 6.90. The number of nitrogen functional groups attached to an aromatic ring is 1. The molecule has 35 heavy (non-hydrogen) atoms. The second-order valence-corrected chi connectivity index (χ2v) is 9.31. The van der Waals surface area contributed by atoms with E-state index in [1.54, 1.807) is 13.1 Å². The van der Waals surface area contributed by atoms with E-state index in [1.807, 2.05) is 18.2 Å². The molecule has 3 aliphatic rings. The molecule has 3 aliphatic heterocycles. The Morgan fingerprint density at radius 1 is 1.23 bits per heavy atom. The zero-order chi connectivity index (χ0) is 24.7. The van der Waals surface area contributed by atoms with Gasteiger partial charge in [0.25, 0.3) is 5.91 Å². The number of rotatable bonds is 6. The summed E-state index contributed by atoms with van der Waals surface area (Å²) in [5.41, 5.74) is 10.9. The van der Waals surface area contributed by atoms with Crippen molar-refractivity contribution >= 4 is 29.2 Å². The topological polar surface area (TPSA) is 145 Å². The highest BCUT2D eigenvalue weighted by Crippen LogP contribution is 2.33. The van der Waals surface area contributed by atoms with Crippen LogP contribution >= 0.6 is 0 Å². The van der Waals surface area contributed by atoms with Crippen molar-refractivity contribution in [3.05, 3.63) is 46.6 Å². The number of nitrogens with one attached hydrogen (secondary N) is 3. The summed E-state index contributed by atoms with van der Waals surface area (Å²) >= 11 is 0. The second kappa shape index (κ2) is 9.10. The van der Waals surface area contributed by atoms with Gasteiger partial charge >= 0.3 is 0 Å². The molecule has 1 unspecified atom stereocenters. The van der Waals surface area contributed by atoms with Gasteiger partial charge in [-0.15, -0.1) is 0 Å². The van der Waals surface area contributed by atoms with Crippen LogP contribution in [0.25, 0.3) is 11.3 Å². The fraction of sp³-hybridized carbons (Fsp3) is 0.400. The number of likely N-dealkylation sites (tertiary alicyclic amines) is 1. The normalized spacial score (nSPS) is 20.2. The lowest BCUT2D eigenvalue weighted by molar-refractivity contribution is -0.136. The van der Waals surface area contributed by atoms with E-state index in [4.69, 9.17) is 16.1 Å². The summed E-state index contributed by atoms with van der Waals surface area (Å²) in [6.07, 6.45) is 2.90. The number of carbonyl (C=O) groups excluding carboxylic acids is 3. The van der Waals surface area contributed by atoms with Gasteiger partial charge in [-0.05, 0) is 61.7 Å². The highest BCUT2D eigenvalue weighted by molar-refractivity contribution is 6.05. The van der Waals surface area contributed by atoms with Crippen molar-refractivity contribution < 1.29 is 14.4 Å². The minimum absolute atomic E-state index is 0.112. The van der Waals surface area contributed by atoms with Crippen molar-refractivity contribution in [3.63, 3.8) is 0 Å². The van der Waals surface area contributed by atoms with Crippen LogP contribution in [-0.2, 0) is 22.7 Å². The molecular formula is C25H29N7O3. The number of nitrogens with two attached hydrogens (primary N) is 1. The lowest BCUT2D eigenvalue weighted by atomic mass is 10.0. The fourth-order valence-corrected chi connectivity index (χ4v) is 5.26. The first-order valence-corrected chi connectivity index (χ1v) is 11.9. The van der Waals surface area contributed by atoms with Gasteiger partial charge in [-0.25, -0.2) is 4.98 Å². The molecule has 4 heterocycles. The van der Waals surface area contributed by atoms with Gasteiger partial charge in [0.15, 0.2) is 0 Å². The van der Waals surface area contributed by atoms with Crippen LogP contribution in [0.4, 0.5) is 5.69 Å². The maximum absolute atomic E-state index is 13.0. The maximum Gasteiger partial charge on any atom is 0.255 e. The minimum atomic E-state index is -0.652. The van der Waals surface area contributed by atoms with Crippen LogP contribution in [-0.4, -0.2) is 64.5 Å². The highest BCUT2D eigenvalue weighted by Gasteiger charge is 2.39. The number of amides is 3. The number of nitrogens with zero attached hydrogens (tertiary/aromatic N) is 3. The molecule has 2 fully saturated rings. The third kappa shape index (κ3) is 4.25. The molecule has 2 aromatic rings. The van der Waals surface area contributed by atoms with E-state index in [1.165, 1.54) is 17.7 Å². The van der Waals surface area contributed by atoms with Crippen LogP contribution in [0.2, 0.25) is 0 Å². The molecule has 182 valence electrons. The first-order valence-electron chi connectivity index (χ1n) is 11.9. The van der Waals surface area contributed by atoms with Crippen LogP contribution in [0.15, 0.2) is 24.3 Å². The number of aromatic nitrogens is 1. The number of piperidine rings is 1. The van der Waals surface area contributed by atoms with Gasteiger partial charge in [0.1, 0.15) is 17.6 Å². The third-order valence-electron chi connectivity index (χ3n) is 7.02. The average molecular weight is 476 g/mol. The quantitative estimate of drug-likeness (QED) is 0.281. The molecule has 0 bridgehead atoms. The van der Waals surface area contributed by atoms with Crippen LogP contribution in [0, 0.1) is 5.41 Å².